The van der Waals surface area contributed by atoms with E-state index in [-0.39, 0.29) is 6.10 Å². The fourth-order valence-electron chi connectivity index (χ4n) is 0.643. The Morgan fingerprint density at radius 1 is 1.82 bits per heavy atom. The summed E-state index contributed by atoms with van der Waals surface area (Å²) in [5, 5.41) is 9.18. The average molecular weight is 172 g/mol. The third-order valence-corrected chi connectivity index (χ3v) is 1.77. The van der Waals surface area contributed by atoms with Gasteiger partial charge in [0.25, 0.3) is 0 Å². The van der Waals surface area contributed by atoms with Crippen LogP contribution in [0, 0.1) is 0 Å². The Kier molecular flexibility index (Phi) is 6.94. The summed E-state index contributed by atoms with van der Waals surface area (Å²) in [6.07, 6.45) is 2.62. The average Bonchev–Trinajstić information content (AvgIpc) is 1.87. The minimum Gasteiger partial charge on any atom is -0.393 e. The van der Waals surface area contributed by atoms with Gasteiger partial charge in [-0.15, -0.1) is 6.58 Å². The molecule has 1 N–H and O–H groups in total. The van der Waals surface area contributed by atoms with Crippen LogP contribution >= 0.6 is 8.03 Å². The Morgan fingerprint density at radius 3 is 2.91 bits per heavy atom. The normalized spacial score (nSPS) is 15.8. The molecule has 0 aromatic heterocycles. The summed E-state index contributed by atoms with van der Waals surface area (Å²) < 4.78 is 5.11. The van der Waals surface area contributed by atoms with E-state index < -0.39 is 8.03 Å². The Bertz CT molecular complexity index is 109. The van der Waals surface area contributed by atoms with Crippen molar-refractivity contribution in [1.82, 2.24) is 0 Å². The second-order valence-electron chi connectivity index (χ2n) is 2.35. The van der Waals surface area contributed by atoms with Gasteiger partial charge in [-0.3, -0.25) is 0 Å². The van der Waals surface area contributed by atoms with Gasteiger partial charge in [0.1, 0.15) is 7.57 Å². The van der Waals surface area contributed by atoms with Gasteiger partial charge in [-0.25, -0.2) is 0 Å². The zero-order chi connectivity index (χ0) is 8.69. The molecule has 1 unspecified atom stereocenters. The van der Waals surface area contributed by atoms with Crippen LogP contribution in [0.15, 0.2) is 12.7 Å². The molecule has 4 heteroatoms. The van der Waals surface area contributed by atoms with E-state index in [0.29, 0.717) is 19.4 Å². The molecule has 2 radical (unpaired) electrons. The summed E-state index contributed by atoms with van der Waals surface area (Å²) >= 11 is 0. The highest BCUT2D eigenvalue weighted by Crippen LogP contribution is 2.24. The first-order valence-electron chi connectivity index (χ1n) is 3.57. The second kappa shape index (κ2) is 6.84. The third-order valence-electron chi connectivity index (χ3n) is 1.18. The summed E-state index contributed by atoms with van der Waals surface area (Å²) in [6, 6.07) is 0. The quantitative estimate of drug-likeness (QED) is 0.373. The molecule has 0 aliphatic rings. The van der Waals surface area contributed by atoms with Crippen LogP contribution in [0.1, 0.15) is 12.8 Å². The van der Waals surface area contributed by atoms with Crippen LogP contribution in [0.3, 0.4) is 0 Å². The van der Waals surface area contributed by atoms with E-state index in [0.717, 1.165) is 0 Å². The van der Waals surface area contributed by atoms with E-state index in [9.17, 15) is 5.11 Å². The highest BCUT2D eigenvalue weighted by molar-refractivity contribution is 7.77. The van der Waals surface area contributed by atoms with Gasteiger partial charge in [0, 0.05) is 0 Å². The Balaban J connectivity index is 3.16. The Labute approximate surface area is 70.8 Å². The van der Waals surface area contributed by atoms with Gasteiger partial charge in [0.05, 0.1) is 12.7 Å². The van der Waals surface area contributed by atoms with Crippen LogP contribution in [0.5, 0.6) is 0 Å². The molecule has 0 saturated heterocycles. The molecule has 0 saturated carbocycles. The molecule has 0 fully saturated rings. The lowest BCUT2D eigenvalue weighted by Gasteiger charge is -2.10. The molecule has 0 bridgehead atoms. The highest BCUT2D eigenvalue weighted by Gasteiger charge is 2.01. The van der Waals surface area contributed by atoms with Crippen molar-refractivity contribution in [3.63, 3.8) is 0 Å². The minimum atomic E-state index is -0.777. The molecule has 0 rings (SSSR count). The molecule has 2 nitrogen and oxygen atoms in total. The first kappa shape index (κ1) is 11.2. The molecule has 0 aromatic rings. The van der Waals surface area contributed by atoms with Crippen molar-refractivity contribution in [3.8, 4) is 0 Å². The smallest absolute Gasteiger partial charge is 0.148 e. The van der Waals surface area contributed by atoms with Gasteiger partial charge in [-0.2, -0.15) is 0 Å². The first-order chi connectivity index (χ1) is 5.16. The number of hydrogen-bond acceptors (Lipinski definition) is 2. The van der Waals surface area contributed by atoms with Crippen molar-refractivity contribution < 1.29 is 9.63 Å². The van der Waals surface area contributed by atoms with Crippen molar-refractivity contribution in [2.75, 3.05) is 13.3 Å². The molecule has 0 heterocycles. The lowest BCUT2D eigenvalue weighted by molar-refractivity contribution is 0.146. The van der Waals surface area contributed by atoms with Gasteiger partial charge < -0.3 is 9.63 Å². The highest BCUT2D eigenvalue weighted by atomic mass is 31.1. The standard InChI is InChI=1S/C7H14BO2P/c1-3-4-7(9)5-6-10-11(2)8/h3,7,9H,1,4-6H2,2H3/t7-,11?/m0/s1. The maximum absolute atomic E-state index is 9.18. The number of rotatable bonds is 6. The monoisotopic (exact) mass is 172 g/mol. The topological polar surface area (TPSA) is 29.5 Å². The maximum Gasteiger partial charge on any atom is 0.148 e. The fraction of sp³-hybridized carbons (Fsp3) is 0.714. The van der Waals surface area contributed by atoms with Crippen molar-refractivity contribution in [1.29, 1.82) is 0 Å². The molecular weight excluding hydrogens is 158 g/mol. The summed E-state index contributed by atoms with van der Waals surface area (Å²) in [6.45, 7) is 5.89. The lowest BCUT2D eigenvalue weighted by atomic mass is 10.2. The van der Waals surface area contributed by atoms with E-state index in [1.165, 1.54) is 0 Å². The molecular formula is C7H14BO2P. The Morgan fingerprint density at radius 2 is 2.45 bits per heavy atom. The SMILES string of the molecule is [B]P(C)OCC[C@@H](O)CC=C. The van der Waals surface area contributed by atoms with Crippen molar-refractivity contribution in [3.05, 3.63) is 12.7 Å². The zero-order valence-electron chi connectivity index (χ0n) is 6.86. The predicted octanol–water partition coefficient (Wildman–Crippen LogP) is 1.44. The van der Waals surface area contributed by atoms with Crippen LogP contribution in [0.4, 0.5) is 0 Å². The van der Waals surface area contributed by atoms with Gasteiger partial charge in [0.15, 0.2) is 0 Å². The molecule has 0 aromatic carbocycles. The van der Waals surface area contributed by atoms with Crippen molar-refractivity contribution in [2.45, 2.75) is 18.9 Å². The zero-order valence-corrected chi connectivity index (χ0v) is 7.76. The van der Waals surface area contributed by atoms with Crippen LogP contribution in [0.2, 0.25) is 0 Å². The van der Waals surface area contributed by atoms with Crippen LogP contribution < -0.4 is 0 Å². The van der Waals surface area contributed by atoms with Crippen LogP contribution in [0.25, 0.3) is 0 Å². The van der Waals surface area contributed by atoms with Crippen LogP contribution in [-0.4, -0.2) is 32.0 Å². The van der Waals surface area contributed by atoms with E-state index in [1.54, 1.807) is 6.08 Å². The van der Waals surface area contributed by atoms with E-state index in [1.807, 2.05) is 6.66 Å². The van der Waals surface area contributed by atoms with E-state index in [2.05, 4.69) is 6.58 Å². The molecule has 62 valence electrons. The fourth-order valence-corrected chi connectivity index (χ4v) is 1.04. The number of aliphatic hydroxyl groups is 1. The summed E-state index contributed by atoms with van der Waals surface area (Å²) in [5.74, 6) is 0. The Hall–Kier alpha value is 0.155. The van der Waals surface area contributed by atoms with E-state index in [4.69, 9.17) is 12.1 Å². The molecule has 0 aliphatic carbocycles. The minimum absolute atomic E-state index is 0.331. The molecule has 2 atom stereocenters. The summed E-state index contributed by atoms with van der Waals surface area (Å²) in [4.78, 5) is 0. The molecule has 0 aliphatic heterocycles. The predicted molar refractivity (Wildman–Crippen MR) is 50.0 cm³/mol. The molecule has 11 heavy (non-hydrogen) atoms. The number of hydrogen-bond donors (Lipinski definition) is 1. The molecule has 0 amide bonds. The van der Waals surface area contributed by atoms with Crippen molar-refractivity contribution in [2.24, 2.45) is 0 Å². The third kappa shape index (κ3) is 8.06. The second-order valence-corrected chi connectivity index (χ2v) is 3.70. The van der Waals surface area contributed by atoms with Gasteiger partial charge in [0.2, 0.25) is 0 Å². The maximum atomic E-state index is 9.18. The van der Waals surface area contributed by atoms with Crippen molar-refractivity contribution >= 4 is 15.6 Å². The van der Waals surface area contributed by atoms with Crippen LogP contribution in [-0.2, 0) is 4.52 Å². The van der Waals surface area contributed by atoms with E-state index >= 15 is 0 Å². The number of aliphatic hydroxyl groups excluding tert-OH is 1. The van der Waals surface area contributed by atoms with Gasteiger partial charge >= 0.3 is 0 Å². The summed E-state index contributed by atoms with van der Waals surface area (Å²) in [5.41, 5.74) is 0. The largest absolute Gasteiger partial charge is 0.393 e. The first-order valence-corrected chi connectivity index (χ1v) is 5.34. The van der Waals surface area contributed by atoms with Gasteiger partial charge in [-0.05, 0) is 27.5 Å². The lowest BCUT2D eigenvalue weighted by Crippen LogP contribution is -2.07. The summed E-state index contributed by atoms with van der Waals surface area (Å²) in [7, 11) is 4.62. The van der Waals surface area contributed by atoms with Gasteiger partial charge in [-0.1, -0.05) is 6.08 Å². The molecule has 0 spiro atoms.